The first-order chi connectivity index (χ1) is 16.4. The van der Waals surface area contributed by atoms with Gasteiger partial charge in [-0.1, -0.05) is 35.9 Å². The van der Waals surface area contributed by atoms with Crippen molar-refractivity contribution in [2.45, 2.75) is 27.7 Å². The summed E-state index contributed by atoms with van der Waals surface area (Å²) in [7, 11) is 0. The lowest BCUT2D eigenvalue weighted by molar-refractivity contribution is 0.0741. The number of anilines is 1. The van der Waals surface area contributed by atoms with Crippen LogP contribution in [0.15, 0.2) is 48.5 Å². The summed E-state index contributed by atoms with van der Waals surface area (Å²) >= 11 is 1.62. The molecular formula is C27H29N5OS. The van der Waals surface area contributed by atoms with Crippen molar-refractivity contribution in [2.75, 3.05) is 31.1 Å². The highest BCUT2D eigenvalue weighted by molar-refractivity contribution is 7.18. The summed E-state index contributed by atoms with van der Waals surface area (Å²) in [5.74, 6) is -0.0239. The summed E-state index contributed by atoms with van der Waals surface area (Å²) < 4.78 is 0. The van der Waals surface area contributed by atoms with Crippen molar-refractivity contribution >= 4 is 22.9 Å². The predicted molar refractivity (Wildman–Crippen MR) is 139 cm³/mol. The molecule has 1 aliphatic heterocycles. The number of amides is 1. The minimum absolute atomic E-state index is 0.0239. The number of carbonyl (C=O) groups excluding carboxylic acids is 1. The van der Waals surface area contributed by atoms with Gasteiger partial charge in [0, 0.05) is 37.4 Å². The Labute approximate surface area is 204 Å². The standard InChI is InChI=1S/C27H29N5OS/c1-17-7-5-9-21(15-17)26-28-20(4)25(34-26)22-16-23(30-29-22)27(33)32-13-11-31(12-14-32)24-10-6-8-18(2)19(24)3/h5-10,15-16H,11-14H2,1-4H3,(H,29,30). The highest BCUT2D eigenvalue weighted by Gasteiger charge is 2.25. The van der Waals surface area contributed by atoms with Crippen LogP contribution in [0.2, 0.25) is 0 Å². The van der Waals surface area contributed by atoms with Gasteiger partial charge in [0.25, 0.3) is 5.91 Å². The maximum absolute atomic E-state index is 13.2. The number of rotatable bonds is 4. The smallest absolute Gasteiger partial charge is 0.274 e. The molecule has 0 spiro atoms. The number of aromatic amines is 1. The largest absolute Gasteiger partial charge is 0.368 e. The van der Waals surface area contributed by atoms with Crippen molar-refractivity contribution in [3.8, 4) is 21.1 Å². The van der Waals surface area contributed by atoms with E-state index in [2.05, 4.69) is 72.3 Å². The highest BCUT2D eigenvalue weighted by atomic mass is 32.1. The Morgan fingerprint density at radius 2 is 1.74 bits per heavy atom. The zero-order chi connectivity index (χ0) is 23.8. The van der Waals surface area contributed by atoms with Gasteiger partial charge in [0.1, 0.15) is 5.01 Å². The second-order valence-corrected chi connectivity index (χ2v) is 9.97. The van der Waals surface area contributed by atoms with Crippen molar-refractivity contribution in [1.29, 1.82) is 0 Å². The third-order valence-corrected chi connectivity index (χ3v) is 7.83. The molecule has 1 amide bonds. The molecule has 3 heterocycles. The summed E-state index contributed by atoms with van der Waals surface area (Å²) in [6, 6.07) is 16.6. The van der Waals surface area contributed by atoms with Gasteiger partial charge < -0.3 is 9.80 Å². The lowest BCUT2D eigenvalue weighted by Crippen LogP contribution is -2.49. The van der Waals surface area contributed by atoms with Crippen LogP contribution < -0.4 is 4.90 Å². The van der Waals surface area contributed by atoms with Crippen LogP contribution in [0, 0.1) is 27.7 Å². The molecule has 5 rings (SSSR count). The fraction of sp³-hybridized carbons (Fsp3) is 0.296. The highest BCUT2D eigenvalue weighted by Crippen LogP contribution is 2.35. The number of aryl methyl sites for hydroxylation is 3. The number of nitrogens with zero attached hydrogens (tertiary/aromatic N) is 4. The van der Waals surface area contributed by atoms with E-state index in [1.54, 1.807) is 11.3 Å². The zero-order valence-electron chi connectivity index (χ0n) is 20.1. The monoisotopic (exact) mass is 471 g/mol. The maximum Gasteiger partial charge on any atom is 0.274 e. The van der Waals surface area contributed by atoms with E-state index in [0.717, 1.165) is 39.9 Å². The molecule has 0 atom stereocenters. The first kappa shape index (κ1) is 22.3. The number of carbonyl (C=O) groups is 1. The molecule has 2 aromatic heterocycles. The van der Waals surface area contributed by atoms with Gasteiger partial charge in [-0.05, 0) is 57.0 Å². The molecule has 1 fully saturated rings. The van der Waals surface area contributed by atoms with Gasteiger partial charge in [0.15, 0.2) is 5.69 Å². The van der Waals surface area contributed by atoms with E-state index in [4.69, 9.17) is 4.98 Å². The number of hydrogen-bond acceptors (Lipinski definition) is 5. The van der Waals surface area contributed by atoms with Crippen molar-refractivity contribution in [1.82, 2.24) is 20.1 Å². The minimum atomic E-state index is -0.0239. The predicted octanol–water partition coefficient (Wildman–Crippen LogP) is 5.40. The lowest BCUT2D eigenvalue weighted by Gasteiger charge is -2.36. The topological polar surface area (TPSA) is 65.1 Å². The van der Waals surface area contributed by atoms with E-state index in [-0.39, 0.29) is 5.91 Å². The van der Waals surface area contributed by atoms with Gasteiger partial charge in [0.05, 0.1) is 16.3 Å². The Morgan fingerprint density at radius 1 is 0.971 bits per heavy atom. The molecule has 0 unspecified atom stereocenters. The number of H-pyrrole nitrogens is 1. The SMILES string of the molecule is Cc1cccc(-c2nc(C)c(-c3cc(C(=O)N4CCN(c5cccc(C)c5C)CC4)n[nH]3)s2)c1. The van der Waals surface area contributed by atoms with Crippen LogP contribution in [-0.2, 0) is 0 Å². The van der Waals surface area contributed by atoms with Gasteiger partial charge in [0.2, 0.25) is 0 Å². The van der Waals surface area contributed by atoms with Crippen LogP contribution in [0.1, 0.15) is 32.9 Å². The Balaban J connectivity index is 1.29. The minimum Gasteiger partial charge on any atom is -0.368 e. The van der Waals surface area contributed by atoms with Crippen LogP contribution in [-0.4, -0.2) is 52.2 Å². The molecule has 0 bridgehead atoms. The van der Waals surface area contributed by atoms with Crippen LogP contribution in [0.4, 0.5) is 5.69 Å². The average molecular weight is 472 g/mol. The molecule has 0 radical (unpaired) electrons. The van der Waals surface area contributed by atoms with Gasteiger partial charge in [-0.15, -0.1) is 11.3 Å². The maximum atomic E-state index is 13.2. The number of hydrogen-bond donors (Lipinski definition) is 1. The zero-order valence-corrected chi connectivity index (χ0v) is 20.9. The third kappa shape index (κ3) is 4.23. The summed E-state index contributed by atoms with van der Waals surface area (Å²) in [5, 5.41) is 8.40. The van der Waals surface area contributed by atoms with Crippen molar-refractivity contribution < 1.29 is 4.79 Å². The van der Waals surface area contributed by atoms with Crippen molar-refractivity contribution in [3.63, 3.8) is 0 Å². The fourth-order valence-corrected chi connectivity index (χ4v) is 5.51. The Morgan fingerprint density at radius 3 is 2.50 bits per heavy atom. The van der Waals surface area contributed by atoms with Gasteiger partial charge in [-0.25, -0.2) is 4.98 Å². The molecule has 2 aromatic carbocycles. The molecule has 1 N–H and O–H groups in total. The first-order valence-corrected chi connectivity index (χ1v) is 12.4. The molecule has 174 valence electrons. The normalized spacial score (nSPS) is 14.0. The van der Waals surface area contributed by atoms with Crippen LogP contribution in [0.3, 0.4) is 0 Å². The molecule has 1 saturated heterocycles. The molecule has 34 heavy (non-hydrogen) atoms. The van der Waals surface area contributed by atoms with Crippen LogP contribution in [0.5, 0.6) is 0 Å². The Kier molecular flexibility index (Phi) is 5.96. The molecular weight excluding hydrogens is 442 g/mol. The second-order valence-electron chi connectivity index (χ2n) is 8.97. The average Bonchev–Trinajstić information content (AvgIpc) is 3.47. The van der Waals surface area contributed by atoms with Gasteiger partial charge >= 0.3 is 0 Å². The number of thiazole rings is 1. The molecule has 4 aromatic rings. The third-order valence-electron chi connectivity index (χ3n) is 6.59. The Bertz CT molecular complexity index is 1350. The van der Waals surface area contributed by atoms with Crippen LogP contribution >= 0.6 is 11.3 Å². The molecule has 7 heteroatoms. The van der Waals surface area contributed by atoms with Crippen molar-refractivity contribution in [3.05, 3.63) is 76.6 Å². The fourth-order valence-electron chi connectivity index (χ4n) is 4.49. The van der Waals surface area contributed by atoms with Crippen molar-refractivity contribution in [2.24, 2.45) is 0 Å². The quantitative estimate of drug-likeness (QED) is 0.433. The summed E-state index contributed by atoms with van der Waals surface area (Å²) in [6.07, 6.45) is 0. The first-order valence-electron chi connectivity index (χ1n) is 11.6. The summed E-state index contributed by atoms with van der Waals surface area (Å²) in [4.78, 5) is 23.2. The van der Waals surface area contributed by atoms with E-state index in [0.29, 0.717) is 18.8 Å². The molecule has 1 aliphatic rings. The van der Waals surface area contributed by atoms with E-state index in [1.807, 2.05) is 24.0 Å². The number of nitrogens with one attached hydrogen (secondary N) is 1. The van der Waals surface area contributed by atoms with E-state index in [9.17, 15) is 4.79 Å². The summed E-state index contributed by atoms with van der Waals surface area (Å²) in [6.45, 7) is 11.4. The van der Waals surface area contributed by atoms with E-state index in [1.165, 1.54) is 22.4 Å². The van der Waals surface area contributed by atoms with Gasteiger partial charge in [-0.3, -0.25) is 9.89 Å². The lowest BCUT2D eigenvalue weighted by atomic mass is 10.1. The number of aromatic nitrogens is 3. The summed E-state index contributed by atoms with van der Waals surface area (Å²) in [5.41, 5.74) is 8.42. The van der Waals surface area contributed by atoms with E-state index < -0.39 is 0 Å². The second kappa shape index (κ2) is 9.06. The van der Waals surface area contributed by atoms with E-state index >= 15 is 0 Å². The number of piperazine rings is 1. The Hall–Kier alpha value is -3.45. The molecule has 0 aliphatic carbocycles. The molecule has 0 saturated carbocycles. The number of benzene rings is 2. The van der Waals surface area contributed by atoms with Crippen LogP contribution in [0.25, 0.3) is 21.1 Å². The molecule has 6 nitrogen and oxygen atoms in total. The van der Waals surface area contributed by atoms with Gasteiger partial charge in [-0.2, -0.15) is 5.10 Å².